The van der Waals surface area contributed by atoms with Crippen LogP contribution in [-0.2, 0) is 9.53 Å². The Balaban J connectivity index is 2.41. The number of hydrogen-bond acceptors (Lipinski definition) is 2. The maximum absolute atomic E-state index is 13.5. The second-order valence-electron chi connectivity index (χ2n) is 5.26. The van der Waals surface area contributed by atoms with Crippen molar-refractivity contribution >= 4 is 27.5 Å². The van der Waals surface area contributed by atoms with Gasteiger partial charge < -0.3 is 4.74 Å². The van der Waals surface area contributed by atoms with Gasteiger partial charge in [-0.1, -0.05) is 48.5 Å². The van der Waals surface area contributed by atoms with Crippen LogP contribution in [0.25, 0.3) is 21.5 Å². The zero-order valence-electron chi connectivity index (χ0n) is 12.2. The molecule has 3 aromatic carbocycles. The van der Waals surface area contributed by atoms with Gasteiger partial charge >= 0.3 is 12.1 Å². The Hall–Kier alpha value is -2.56. The Kier molecular flexibility index (Phi) is 3.72. The first-order valence-corrected chi connectivity index (χ1v) is 7.02. The molecular weight excluding hydrogens is 305 g/mol. The van der Waals surface area contributed by atoms with E-state index in [1.807, 2.05) is 6.07 Å². The van der Waals surface area contributed by atoms with E-state index in [2.05, 4.69) is 4.74 Å². The van der Waals surface area contributed by atoms with E-state index in [0.29, 0.717) is 21.5 Å². The number of fused-ring (bicyclic) bond motifs is 2. The summed E-state index contributed by atoms with van der Waals surface area (Å²) in [6, 6.07) is 15.4. The molecule has 0 aromatic heterocycles. The average Bonchev–Trinajstić information content (AvgIpc) is 2.49. The predicted molar refractivity (Wildman–Crippen MR) is 82.0 cm³/mol. The molecule has 0 saturated carbocycles. The quantitative estimate of drug-likeness (QED) is 0.482. The summed E-state index contributed by atoms with van der Waals surface area (Å²) in [4.78, 5) is 11.2. The topological polar surface area (TPSA) is 26.3 Å². The maximum Gasteiger partial charge on any atom is 0.429 e. The van der Waals surface area contributed by atoms with Crippen LogP contribution < -0.4 is 0 Å². The van der Waals surface area contributed by atoms with E-state index in [-0.39, 0.29) is 5.56 Å². The van der Waals surface area contributed by atoms with E-state index >= 15 is 0 Å². The fraction of sp³-hybridized carbons (Fsp3) is 0.167. The lowest BCUT2D eigenvalue weighted by Gasteiger charge is -2.23. The Bertz CT molecular complexity index is 830. The zero-order chi connectivity index (χ0) is 16.6. The molecule has 0 N–H and O–H groups in total. The first-order chi connectivity index (χ1) is 10.9. The van der Waals surface area contributed by atoms with Crippen LogP contribution in [-0.4, -0.2) is 12.1 Å². The molecule has 0 fully saturated rings. The van der Waals surface area contributed by atoms with E-state index in [4.69, 9.17) is 0 Å². The molecule has 23 heavy (non-hydrogen) atoms. The van der Waals surface area contributed by atoms with Crippen LogP contribution in [0.15, 0.2) is 54.6 Å². The van der Waals surface area contributed by atoms with Crippen molar-refractivity contribution in [1.29, 1.82) is 0 Å². The Morgan fingerprint density at radius 3 is 1.87 bits per heavy atom. The number of halogens is 3. The summed E-state index contributed by atoms with van der Waals surface area (Å²) >= 11 is 0. The number of carbonyl (C=O) groups excluding carboxylic acids is 1. The minimum absolute atomic E-state index is 0.0265. The smallest absolute Gasteiger partial charge is 0.429 e. The van der Waals surface area contributed by atoms with Gasteiger partial charge in [0.05, 0.1) is 0 Å². The predicted octanol–water partition coefficient (Wildman–Crippen LogP) is 5.16. The molecule has 3 rings (SSSR count). The standard InChI is InChI=1S/C18H13F3O2/c1-11(22)23-17(18(19,20)21)16-14-8-4-2-6-12(14)10-13-7-3-5-9-15(13)16/h2-10,17H,1H3. The van der Waals surface area contributed by atoms with Crippen molar-refractivity contribution in [2.45, 2.75) is 19.2 Å². The highest BCUT2D eigenvalue weighted by Gasteiger charge is 2.45. The second kappa shape index (κ2) is 5.57. The number of alkyl halides is 3. The molecule has 1 atom stereocenters. The van der Waals surface area contributed by atoms with Gasteiger partial charge in [0.25, 0.3) is 0 Å². The minimum atomic E-state index is -4.70. The van der Waals surface area contributed by atoms with Crippen LogP contribution in [0.2, 0.25) is 0 Å². The third-order valence-electron chi connectivity index (χ3n) is 3.66. The van der Waals surface area contributed by atoms with Crippen molar-refractivity contribution in [1.82, 2.24) is 0 Å². The minimum Gasteiger partial charge on any atom is -0.448 e. The molecule has 1 unspecified atom stereocenters. The monoisotopic (exact) mass is 318 g/mol. The number of esters is 1. The number of hydrogen-bond donors (Lipinski definition) is 0. The summed E-state index contributed by atoms with van der Waals surface area (Å²) in [6.07, 6.45) is -6.99. The van der Waals surface area contributed by atoms with Crippen LogP contribution in [0.4, 0.5) is 13.2 Å². The molecule has 0 radical (unpaired) electrons. The highest BCUT2D eigenvalue weighted by atomic mass is 19.4. The molecule has 3 aromatic rings. The molecular formula is C18H13F3O2. The molecule has 0 aliphatic rings. The zero-order valence-corrected chi connectivity index (χ0v) is 12.2. The van der Waals surface area contributed by atoms with Crippen molar-refractivity contribution in [2.75, 3.05) is 0 Å². The third-order valence-corrected chi connectivity index (χ3v) is 3.66. The summed E-state index contributed by atoms with van der Waals surface area (Å²) < 4.78 is 45.3. The molecule has 2 nitrogen and oxygen atoms in total. The maximum atomic E-state index is 13.5. The Morgan fingerprint density at radius 2 is 1.43 bits per heavy atom. The molecule has 0 amide bonds. The molecule has 118 valence electrons. The molecule has 0 saturated heterocycles. The van der Waals surface area contributed by atoms with Gasteiger partial charge in [0.1, 0.15) is 0 Å². The van der Waals surface area contributed by atoms with Gasteiger partial charge in [-0.15, -0.1) is 0 Å². The van der Waals surface area contributed by atoms with Crippen LogP contribution in [0.3, 0.4) is 0 Å². The normalized spacial score (nSPS) is 13.2. The lowest BCUT2D eigenvalue weighted by molar-refractivity contribution is -0.222. The van der Waals surface area contributed by atoms with Gasteiger partial charge in [-0.25, -0.2) is 0 Å². The van der Waals surface area contributed by atoms with Crippen molar-refractivity contribution in [3.05, 3.63) is 60.2 Å². The van der Waals surface area contributed by atoms with Crippen molar-refractivity contribution < 1.29 is 22.7 Å². The van der Waals surface area contributed by atoms with Crippen LogP contribution in [0.5, 0.6) is 0 Å². The van der Waals surface area contributed by atoms with E-state index in [1.54, 1.807) is 48.5 Å². The van der Waals surface area contributed by atoms with Gasteiger partial charge in [0.2, 0.25) is 6.10 Å². The molecule has 0 heterocycles. The number of carbonyl (C=O) groups is 1. The highest BCUT2D eigenvalue weighted by molar-refractivity contribution is 6.02. The first-order valence-electron chi connectivity index (χ1n) is 7.02. The SMILES string of the molecule is CC(=O)OC(c1c2ccccc2cc2ccccc12)C(F)(F)F. The summed E-state index contributed by atoms with van der Waals surface area (Å²) in [6.45, 7) is 0.978. The lowest BCUT2D eigenvalue weighted by Crippen LogP contribution is -2.25. The van der Waals surface area contributed by atoms with Gasteiger partial charge in [0, 0.05) is 12.5 Å². The van der Waals surface area contributed by atoms with Gasteiger partial charge in [-0.2, -0.15) is 13.2 Å². The molecule has 5 heteroatoms. The van der Waals surface area contributed by atoms with Crippen molar-refractivity contribution in [2.24, 2.45) is 0 Å². The Labute approximate surface area is 130 Å². The van der Waals surface area contributed by atoms with Gasteiger partial charge in [-0.05, 0) is 27.6 Å². The van der Waals surface area contributed by atoms with Crippen LogP contribution >= 0.6 is 0 Å². The highest BCUT2D eigenvalue weighted by Crippen LogP contribution is 2.42. The van der Waals surface area contributed by atoms with Gasteiger partial charge in [0.15, 0.2) is 0 Å². The molecule has 0 spiro atoms. The largest absolute Gasteiger partial charge is 0.448 e. The summed E-state index contributed by atoms with van der Waals surface area (Å²) in [5.41, 5.74) is -0.0265. The molecule has 0 aliphatic heterocycles. The second-order valence-corrected chi connectivity index (χ2v) is 5.26. The lowest BCUT2D eigenvalue weighted by atomic mass is 9.93. The average molecular weight is 318 g/mol. The third kappa shape index (κ3) is 2.86. The summed E-state index contributed by atoms with van der Waals surface area (Å²) in [7, 11) is 0. The van der Waals surface area contributed by atoms with E-state index in [0.717, 1.165) is 6.92 Å². The number of ether oxygens (including phenoxy) is 1. The van der Waals surface area contributed by atoms with Crippen LogP contribution in [0.1, 0.15) is 18.6 Å². The summed E-state index contributed by atoms with van der Waals surface area (Å²) in [5.74, 6) is -0.968. The fourth-order valence-corrected chi connectivity index (χ4v) is 2.79. The number of benzene rings is 3. The summed E-state index contributed by atoms with van der Waals surface area (Å²) in [5, 5.41) is 2.19. The fourth-order valence-electron chi connectivity index (χ4n) is 2.79. The Morgan fingerprint density at radius 1 is 0.957 bits per heavy atom. The van der Waals surface area contributed by atoms with E-state index in [9.17, 15) is 18.0 Å². The molecule has 0 aliphatic carbocycles. The molecule has 0 bridgehead atoms. The van der Waals surface area contributed by atoms with E-state index in [1.165, 1.54) is 0 Å². The van der Waals surface area contributed by atoms with Crippen LogP contribution in [0, 0.1) is 0 Å². The first kappa shape index (κ1) is 15.3. The van der Waals surface area contributed by atoms with E-state index < -0.39 is 18.2 Å². The van der Waals surface area contributed by atoms with Crippen molar-refractivity contribution in [3.8, 4) is 0 Å². The van der Waals surface area contributed by atoms with Gasteiger partial charge in [-0.3, -0.25) is 4.79 Å². The van der Waals surface area contributed by atoms with Crippen molar-refractivity contribution in [3.63, 3.8) is 0 Å². The number of rotatable bonds is 2.